The van der Waals surface area contributed by atoms with Crippen molar-refractivity contribution in [1.82, 2.24) is 9.62 Å². The molecule has 1 unspecified atom stereocenters. The molecule has 2 N–H and O–H groups in total. The van der Waals surface area contributed by atoms with Gasteiger partial charge in [0.15, 0.2) is 0 Å². The van der Waals surface area contributed by atoms with Crippen LogP contribution in [0.25, 0.3) is 0 Å². The minimum absolute atomic E-state index is 0. The summed E-state index contributed by atoms with van der Waals surface area (Å²) < 4.78 is 26.9. The second kappa shape index (κ2) is 9.36. The molecule has 0 aromatic heterocycles. The summed E-state index contributed by atoms with van der Waals surface area (Å²) in [5.74, 6) is -0.325. The molecule has 24 heavy (non-hydrogen) atoms. The summed E-state index contributed by atoms with van der Waals surface area (Å²) in [5.41, 5.74) is 0.510. The first-order valence-electron chi connectivity index (χ1n) is 8.01. The number of carbonyl (C=O) groups is 1. The lowest BCUT2D eigenvalue weighted by molar-refractivity contribution is -0.119. The summed E-state index contributed by atoms with van der Waals surface area (Å²) in [6, 6.07) is 6.49. The van der Waals surface area contributed by atoms with Gasteiger partial charge in [-0.2, -0.15) is 4.31 Å². The monoisotopic (exact) mass is 375 g/mol. The van der Waals surface area contributed by atoms with E-state index in [0.29, 0.717) is 25.3 Å². The second-order valence-electron chi connectivity index (χ2n) is 5.94. The van der Waals surface area contributed by atoms with Gasteiger partial charge in [-0.1, -0.05) is 19.4 Å². The first-order valence-corrected chi connectivity index (χ1v) is 9.45. The van der Waals surface area contributed by atoms with Crippen LogP contribution < -0.4 is 10.6 Å². The summed E-state index contributed by atoms with van der Waals surface area (Å²) in [6.45, 7) is 3.52. The van der Waals surface area contributed by atoms with E-state index in [2.05, 4.69) is 10.6 Å². The predicted octanol–water partition coefficient (Wildman–Crippen LogP) is 2.08. The van der Waals surface area contributed by atoms with Gasteiger partial charge < -0.3 is 10.6 Å². The average molecular weight is 376 g/mol. The molecule has 0 spiro atoms. The van der Waals surface area contributed by atoms with Crippen molar-refractivity contribution in [3.05, 3.63) is 24.3 Å². The smallest absolute Gasteiger partial charge is 0.243 e. The molecule has 1 aliphatic rings. The molecule has 0 bridgehead atoms. The SMILES string of the molecule is CNCC(C)C(=O)Nc1cccc(S(=O)(=O)N2CCCCC2)c1.Cl. The molecular weight excluding hydrogens is 350 g/mol. The van der Waals surface area contributed by atoms with Gasteiger partial charge in [-0.3, -0.25) is 4.79 Å². The van der Waals surface area contributed by atoms with E-state index in [4.69, 9.17) is 0 Å². The molecule has 1 aromatic carbocycles. The van der Waals surface area contributed by atoms with Gasteiger partial charge in [-0.15, -0.1) is 12.4 Å². The number of halogens is 1. The van der Waals surface area contributed by atoms with E-state index in [9.17, 15) is 13.2 Å². The largest absolute Gasteiger partial charge is 0.326 e. The van der Waals surface area contributed by atoms with Crippen LogP contribution in [-0.4, -0.2) is 45.3 Å². The highest BCUT2D eigenvalue weighted by Gasteiger charge is 2.26. The zero-order valence-corrected chi connectivity index (χ0v) is 15.8. The first-order chi connectivity index (χ1) is 10.9. The van der Waals surface area contributed by atoms with Crippen LogP contribution in [0.4, 0.5) is 5.69 Å². The number of nitrogens with one attached hydrogen (secondary N) is 2. The summed E-state index contributed by atoms with van der Waals surface area (Å²) in [7, 11) is -1.69. The van der Waals surface area contributed by atoms with Gasteiger partial charge in [0.05, 0.1) is 4.90 Å². The molecule has 1 aromatic rings. The molecule has 1 amide bonds. The minimum Gasteiger partial charge on any atom is -0.326 e. The number of hydrogen-bond acceptors (Lipinski definition) is 4. The highest BCUT2D eigenvalue weighted by atomic mass is 35.5. The Morgan fingerprint density at radius 3 is 2.54 bits per heavy atom. The van der Waals surface area contributed by atoms with Crippen LogP contribution in [0.1, 0.15) is 26.2 Å². The highest BCUT2D eigenvalue weighted by molar-refractivity contribution is 7.89. The quantitative estimate of drug-likeness (QED) is 0.797. The summed E-state index contributed by atoms with van der Waals surface area (Å²) in [6.07, 6.45) is 2.87. The number of amides is 1. The van der Waals surface area contributed by atoms with E-state index < -0.39 is 10.0 Å². The Hall–Kier alpha value is -1.15. The molecule has 0 aliphatic carbocycles. The number of hydrogen-bond donors (Lipinski definition) is 2. The maximum Gasteiger partial charge on any atom is 0.243 e. The van der Waals surface area contributed by atoms with Gasteiger partial charge >= 0.3 is 0 Å². The second-order valence-corrected chi connectivity index (χ2v) is 7.88. The number of anilines is 1. The number of nitrogens with zero attached hydrogens (tertiary/aromatic N) is 1. The molecular formula is C16H26ClN3O3S. The Labute approximate surface area is 150 Å². The standard InChI is InChI=1S/C16H25N3O3S.ClH/c1-13(12-17-2)16(20)18-14-7-6-8-15(11-14)23(21,22)19-9-4-3-5-10-19;/h6-8,11,13,17H,3-5,9-10,12H2,1-2H3,(H,18,20);1H. The number of benzene rings is 1. The van der Waals surface area contributed by atoms with Crippen LogP contribution in [0, 0.1) is 5.92 Å². The fourth-order valence-electron chi connectivity index (χ4n) is 2.65. The van der Waals surface area contributed by atoms with Crippen molar-refractivity contribution in [1.29, 1.82) is 0 Å². The lowest BCUT2D eigenvalue weighted by Crippen LogP contribution is -2.35. The number of sulfonamides is 1. The van der Waals surface area contributed by atoms with E-state index in [1.54, 1.807) is 25.2 Å². The Bertz CT molecular complexity index is 646. The topological polar surface area (TPSA) is 78.5 Å². The van der Waals surface area contributed by atoms with E-state index >= 15 is 0 Å². The Balaban J connectivity index is 0.00000288. The molecule has 6 nitrogen and oxygen atoms in total. The molecule has 136 valence electrons. The predicted molar refractivity (Wildman–Crippen MR) is 98.0 cm³/mol. The maximum atomic E-state index is 12.7. The summed E-state index contributed by atoms with van der Waals surface area (Å²) in [5, 5.41) is 5.73. The highest BCUT2D eigenvalue weighted by Crippen LogP contribution is 2.23. The van der Waals surface area contributed by atoms with E-state index in [1.165, 1.54) is 10.4 Å². The van der Waals surface area contributed by atoms with E-state index in [1.807, 2.05) is 6.92 Å². The Morgan fingerprint density at radius 1 is 1.25 bits per heavy atom. The minimum atomic E-state index is -3.48. The van der Waals surface area contributed by atoms with Gasteiger partial charge in [-0.25, -0.2) is 8.42 Å². The first kappa shape index (κ1) is 20.9. The van der Waals surface area contributed by atoms with Crippen molar-refractivity contribution in [2.24, 2.45) is 5.92 Å². The van der Waals surface area contributed by atoms with Gasteiger partial charge in [0.25, 0.3) is 0 Å². The molecule has 1 aliphatic heterocycles. The molecule has 1 saturated heterocycles. The van der Waals surface area contributed by atoms with Crippen molar-refractivity contribution in [2.75, 3.05) is 32.0 Å². The van der Waals surface area contributed by atoms with Crippen molar-refractivity contribution in [3.8, 4) is 0 Å². The third kappa shape index (κ3) is 5.17. The lowest BCUT2D eigenvalue weighted by Gasteiger charge is -2.26. The number of rotatable bonds is 6. The molecule has 1 atom stereocenters. The fraction of sp³-hybridized carbons (Fsp3) is 0.562. The zero-order valence-electron chi connectivity index (χ0n) is 14.1. The van der Waals surface area contributed by atoms with Crippen LogP contribution in [0.3, 0.4) is 0 Å². The Kier molecular flexibility index (Phi) is 8.15. The number of carbonyl (C=O) groups excluding carboxylic acids is 1. The van der Waals surface area contributed by atoms with Crippen LogP contribution in [0.15, 0.2) is 29.2 Å². The molecule has 2 rings (SSSR count). The van der Waals surface area contributed by atoms with Crippen molar-refractivity contribution >= 4 is 34.0 Å². The van der Waals surface area contributed by atoms with Gasteiger partial charge in [-0.05, 0) is 38.1 Å². The number of piperidine rings is 1. The summed E-state index contributed by atoms with van der Waals surface area (Å²) in [4.78, 5) is 12.3. The maximum absolute atomic E-state index is 12.7. The third-order valence-electron chi connectivity index (χ3n) is 4.01. The molecule has 1 fully saturated rings. The van der Waals surface area contributed by atoms with Crippen LogP contribution >= 0.6 is 12.4 Å². The Morgan fingerprint density at radius 2 is 1.92 bits per heavy atom. The van der Waals surface area contributed by atoms with E-state index in [0.717, 1.165) is 19.3 Å². The van der Waals surface area contributed by atoms with Crippen LogP contribution in [0.2, 0.25) is 0 Å². The zero-order chi connectivity index (χ0) is 16.9. The molecule has 1 heterocycles. The molecule has 0 radical (unpaired) electrons. The van der Waals surface area contributed by atoms with Gasteiger partial charge in [0, 0.05) is 31.2 Å². The summed E-state index contributed by atoms with van der Waals surface area (Å²) >= 11 is 0. The average Bonchev–Trinajstić information content (AvgIpc) is 2.56. The van der Waals surface area contributed by atoms with Gasteiger partial charge in [0.1, 0.15) is 0 Å². The van der Waals surface area contributed by atoms with E-state index in [-0.39, 0.29) is 29.1 Å². The third-order valence-corrected chi connectivity index (χ3v) is 5.91. The van der Waals surface area contributed by atoms with Crippen LogP contribution in [-0.2, 0) is 14.8 Å². The molecule has 8 heteroatoms. The molecule has 0 saturated carbocycles. The van der Waals surface area contributed by atoms with Crippen molar-refractivity contribution < 1.29 is 13.2 Å². The lowest BCUT2D eigenvalue weighted by atomic mass is 10.1. The van der Waals surface area contributed by atoms with Crippen molar-refractivity contribution in [2.45, 2.75) is 31.1 Å². The fourth-order valence-corrected chi connectivity index (χ4v) is 4.22. The van der Waals surface area contributed by atoms with Gasteiger partial charge in [0.2, 0.25) is 15.9 Å². The van der Waals surface area contributed by atoms with Crippen LogP contribution in [0.5, 0.6) is 0 Å². The van der Waals surface area contributed by atoms with Crippen molar-refractivity contribution in [3.63, 3.8) is 0 Å². The normalized spacial score (nSPS) is 16.9.